The molecule has 0 saturated heterocycles. The highest BCUT2D eigenvalue weighted by atomic mass is 16.1. The number of hydrogen-bond donors (Lipinski definition) is 1. The normalized spacial score (nSPS) is 14.1. The number of carbonyl (C=O) groups is 1. The average molecular weight is 220 g/mol. The standard InChI is InChI=1S/C12H16N2O2/c1-3-9-7-10(16)14-6-4-5-13-12(14)11(9)8(2)15/h7,13H,3-6H2,1-2H3. The molecule has 1 aliphatic heterocycles. The minimum absolute atomic E-state index is 0.0101. The maximum atomic E-state index is 11.8. The number of ketones is 1. The lowest BCUT2D eigenvalue weighted by atomic mass is 10.0. The summed E-state index contributed by atoms with van der Waals surface area (Å²) >= 11 is 0. The average Bonchev–Trinajstić information content (AvgIpc) is 2.28. The van der Waals surface area contributed by atoms with Crippen LogP contribution >= 0.6 is 0 Å². The fourth-order valence-corrected chi connectivity index (χ4v) is 2.22. The van der Waals surface area contributed by atoms with Crippen LogP contribution in [0.15, 0.2) is 10.9 Å². The number of hydrogen-bond acceptors (Lipinski definition) is 3. The minimum Gasteiger partial charge on any atom is -0.371 e. The molecule has 4 heteroatoms. The zero-order valence-electron chi connectivity index (χ0n) is 9.67. The predicted octanol–water partition coefficient (Wildman–Crippen LogP) is 1.43. The highest BCUT2D eigenvalue weighted by molar-refractivity contribution is 6.00. The number of Topliss-reactive ketones (excluding diaryl/α,β-unsaturated/α-hetero) is 1. The number of fused-ring (bicyclic) bond motifs is 1. The quantitative estimate of drug-likeness (QED) is 0.767. The van der Waals surface area contributed by atoms with Crippen molar-refractivity contribution in [1.29, 1.82) is 0 Å². The van der Waals surface area contributed by atoms with Gasteiger partial charge >= 0.3 is 0 Å². The number of nitrogens with one attached hydrogen (secondary N) is 1. The van der Waals surface area contributed by atoms with Gasteiger partial charge < -0.3 is 5.32 Å². The van der Waals surface area contributed by atoms with E-state index in [-0.39, 0.29) is 11.3 Å². The lowest BCUT2D eigenvalue weighted by Gasteiger charge is -2.23. The van der Waals surface area contributed by atoms with Crippen LogP contribution in [0.4, 0.5) is 5.82 Å². The zero-order valence-corrected chi connectivity index (χ0v) is 9.67. The van der Waals surface area contributed by atoms with Crippen LogP contribution in [0, 0.1) is 0 Å². The van der Waals surface area contributed by atoms with Gasteiger partial charge in [-0.2, -0.15) is 0 Å². The first-order valence-corrected chi connectivity index (χ1v) is 5.66. The molecule has 2 heterocycles. The van der Waals surface area contributed by atoms with Crippen LogP contribution in [0.5, 0.6) is 0 Å². The Kier molecular flexibility index (Phi) is 2.81. The van der Waals surface area contributed by atoms with Crippen LogP contribution in [0.25, 0.3) is 0 Å². The van der Waals surface area contributed by atoms with Crippen molar-refractivity contribution in [1.82, 2.24) is 4.57 Å². The SMILES string of the molecule is CCc1cc(=O)n2c(c1C(C)=O)NCCC2. The van der Waals surface area contributed by atoms with Crippen LogP contribution in [0.1, 0.15) is 36.2 Å². The van der Waals surface area contributed by atoms with E-state index < -0.39 is 0 Å². The molecule has 2 rings (SSSR count). The maximum Gasteiger partial charge on any atom is 0.252 e. The molecule has 1 aliphatic rings. The first-order valence-electron chi connectivity index (χ1n) is 5.66. The third-order valence-electron chi connectivity index (χ3n) is 2.98. The predicted molar refractivity (Wildman–Crippen MR) is 63.2 cm³/mol. The van der Waals surface area contributed by atoms with Gasteiger partial charge in [-0.15, -0.1) is 0 Å². The summed E-state index contributed by atoms with van der Waals surface area (Å²) in [7, 11) is 0. The monoisotopic (exact) mass is 220 g/mol. The highest BCUT2D eigenvalue weighted by Crippen LogP contribution is 2.22. The Labute approximate surface area is 94.3 Å². The van der Waals surface area contributed by atoms with Gasteiger partial charge in [0.15, 0.2) is 5.78 Å². The van der Waals surface area contributed by atoms with Crippen molar-refractivity contribution in [2.45, 2.75) is 33.2 Å². The molecule has 86 valence electrons. The van der Waals surface area contributed by atoms with Gasteiger partial charge in [0.1, 0.15) is 5.82 Å². The number of pyridine rings is 1. The van der Waals surface area contributed by atoms with Crippen molar-refractivity contribution in [2.75, 3.05) is 11.9 Å². The van der Waals surface area contributed by atoms with E-state index in [2.05, 4.69) is 5.32 Å². The summed E-state index contributed by atoms with van der Waals surface area (Å²) in [5.74, 6) is 0.734. The number of rotatable bonds is 2. The molecule has 1 aromatic rings. The van der Waals surface area contributed by atoms with E-state index in [1.807, 2.05) is 6.92 Å². The Morgan fingerprint density at radius 1 is 1.56 bits per heavy atom. The molecule has 0 spiro atoms. The van der Waals surface area contributed by atoms with E-state index in [9.17, 15) is 9.59 Å². The number of anilines is 1. The summed E-state index contributed by atoms with van der Waals surface area (Å²) in [6, 6.07) is 1.59. The second kappa shape index (κ2) is 4.12. The van der Waals surface area contributed by atoms with E-state index in [0.29, 0.717) is 24.3 Å². The smallest absolute Gasteiger partial charge is 0.252 e. The van der Waals surface area contributed by atoms with E-state index in [1.165, 1.54) is 0 Å². The van der Waals surface area contributed by atoms with Crippen LogP contribution in [0.3, 0.4) is 0 Å². The molecule has 0 fully saturated rings. The molecule has 1 N–H and O–H groups in total. The number of carbonyl (C=O) groups excluding carboxylic acids is 1. The zero-order chi connectivity index (χ0) is 11.7. The van der Waals surface area contributed by atoms with E-state index in [4.69, 9.17) is 0 Å². The highest BCUT2D eigenvalue weighted by Gasteiger charge is 2.19. The third kappa shape index (κ3) is 1.64. The van der Waals surface area contributed by atoms with Crippen LogP contribution in [0.2, 0.25) is 0 Å². The number of nitrogens with zero attached hydrogens (tertiary/aromatic N) is 1. The molecule has 0 aliphatic carbocycles. The Balaban J connectivity index is 2.73. The minimum atomic E-state index is -0.0101. The van der Waals surface area contributed by atoms with E-state index in [1.54, 1.807) is 17.6 Å². The van der Waals surface area contributed by atoms with Gasteiger partial charge in [0.2, 0.25) is 0 Å². The van der Waals surface area contributed by atoms with Gasteiger partial charge in [-0.1, -0.05) is 6.92 Å². The molecule has 16 heavy (non-hydrogen) atoms. The first kappa shape index (κ1) is 10.9. The van der Waals surface area contributed by atoms with Crippen LogP contribution in [-0.4, -0.2) is 16.9 Å². The molecule has 0 aromatic carbocycles. The molecule has 0 saturated carbocycles. The summed E-state index contributed by atoms with van der Waals surface area (Å²) in [6.07, 6.45) is 1.63. The lowest BCUT2D eigenvalue weighted by Crippen LogP contribution is -2.31. The Morgan fingerprint density at radius 2 is 2.31 bits per heavy atom. The summed E-state index contributed by atoms with van der Waals surface area (Å²) in [4.78, 5) is 23.5. The topological polar surface area (TPSA) is 51.1 Å². The van der Waals surface area contributed by atoms with Gasteiger partial charge in [-0.25, -0.2) is 0 Å². The van der Waals surface area contributed by atoms with Gasteiger partial charge in [0.25, 0.3) is 5.56 Å². The summed E-state index contributed by atoms with van der Waals surface area (Å²) in [5.41, 5.74) is 1.52. The molecule has 0 bridgehead atoms. The second-order valence-corrected chi connectivity index (χ2v) is 4.07. The molecule has 0 atom stereocenters. The fraction of sp³-hybridized carbons (Fsp3) is 0.500. The Bertz CT molecular complexity index is 489. The molecular formula is C12H16N2O2. The molecule has 0 radical (unpaired) electrons. The summed E-state index contributed by atoms with van der Waals surface area (Å²) in [6.45, 7) is 5.04. The first-order chi connectivity index (χ1) is 7.65. The van der Waals surface area contributed by atoms with Gasteiger partial charge in [-0.05, 0) is 25.3 Å². The van der Waals surface area contributed by atoms with Gasteiger partial charge in [-0.3, -0.25) is 14.2 Å². The van der Waals surface area contributed by atoms with Crippen molar-refractivity contribution in [3.8, 4) is 0 Å². The second-order valence-electron chi connectivity index (χ2n) is 4.07. The van der Waals surface area contributed by atoms with Gasteiger partial charge in [0, 0.05) is 19.2 Å². The van der Waals surface area contributed by atoms with E-state index >= 15 is 0 Å². The summed E-state index contributed by atoms with van der Waals surface area (Å²) in [5, 5.41) is 3.17. The number of aryl methyl sites for hydroxylation is 1. The fourth-order valence-electron chi connectivity index (χ4n) is 2.22. The molecule has 4 nitrogen and oxygen atoms in total. The van der Waals surface area contributed by atoms with Crippen molar-refractivity contribution in [3.63, 3.8) is 0 Å². The van der Waals surface area contributed by atoms with Crippen LogP contribution in [-0.2, 0) is 13.0 Å². The molecular weight excluding hydrogens is 204 g/mol. The Hall–Kier alpha value is -1.58. The Morgan fingerprint density at radius 3 is 2.94 bits per heavy atom. The molecule has 1 aromatic heterocycles. The molecule has 0 unspecified atom stereocenters. The van der Waals surface area contributed by atoms with E-state index in [0.717, 1.165) is 18.5 Å². The van der Waals surface area contributed by atoms with Crippen molar-refractivity contribution < 1.29 is 4.79 Å². The van der Waals surface area contributed by atoms with Crippen molar-refractivity contribution >= 4 is 11.6 Å². The van der Waals surface area contributed by atoms with Gasteiger partial charge in [0.05, 0.1) is 5.56 Å². The summed E-state index contributed by atoms with van der Waals surface area (Å²) < 4.78 is 1.67. The van der Waals surface area contributed by atoms with Crippen molar-refractivity contribution in [3.05, 3.63) is 27.5 Å². The number of aromatic nitrogens is 1. The lowest BCUT2D eigenvalue weighted by molar-refractivity contribution is 0.101. The van der Waals surface area contributed by atoms with Crippen LogP contribution < -0.4 is 10.9 Å². The largest absolute Gasteiger partial charge is 0.371 e. The third-order valence-corrected chi connectivity index (χ3v) is 2.98. The maximum absolute atomic E-state index is 11.8. The molecule has 0 amide bonds. The van der Waals surface area contributed by atoms with Crippen molar-refractivity contribution in [2.24, 2.45) is 0 Å².